The summed E-state index contributed by atoms with van der Waals surface area (Å²) in [5.41, 5.74) is 2.65. The second-order valence-corrected chi connectivity index (χ2v) is 5.84. The van der Waals surface area contributed by atoms with E-state index in [0.29, 0.717) is 5.15 Å². The van der Waals surface area contributed by atoms with E-state index >= 15 is 0 Å². The summed E-state index contributed by atoms with van der Waals surface area (Å²) in [5.74, 6) is 1.76. The number of nitrogens with zero attached hydrogens (tertiary/aromatic N) is 3. The van der Waals surface area contributed by atoms with Gasteiger partial charge in [0.05, 0.1) is 0 Å². The van der Waals surface area contributed by atoms with Gasteiger partial charge in [0.1, 0.15) is 16.8 Å². The number of halogens is 1. The molecule has 0 radical (unpaired) electrons. The third-order valence-electron chi connectivity index (χ3n) is 3.84. The Bertz CT molecular complexity index is 627. The first-order chi connectivity index (χ1) is 10.3. The van der Waals surface area contributed by atoms with Crippen LogP contribution in [0.3, 0.4) is 0 Å². The van der Waals surface area contributed by atoms with Gasteiger partial charge in [-0.15, -0.1) is 0 Å². The van der Waals surface area contributed by atoms with Gasteiger partial charge in [0.2, 0.25) is 0 Å². The van der Waals surface area contributed by atoms with Crippen molar-refractivity contribution in [3.05, 3.63) is 46.9 Å². The fourth-order valence-electron chi connectivity index (χ4n) is 2.85. The Morgan fingerprint density at radius 1 is 1.19 bits per heavy atom. The molecule has 0 spiro atoms. The lowest BCUT2D eigenvalue weighted by atomic mass is 10.1. The van der Waals surface area contributed by atoms with Crippen LogP contribution in [0.4, 0.5) is 11.5 Å². The number of rotatable bonds is 3. The van der Waals surface area contributed by atoms with Gasteiger partial charge < -0.3 is 4.90 Å². The van der Waals surface area contributed by atoms with Gasteiger partial charge in [-0.2, -0.15) is 0 Å². The first-order valence-corrected chi connectivity index (χ1v) is 8.04. The zero-order valence-electron chi connectivity index (χ0n) is 12.3. The highest BCUT2D eigenvalue weighted by Gasteiger charge is 2.18. The van der Waals surface area contributed by atoms with Gasteiger partial charge in [0, 0.05) is 24.7 Å². The summed E-state index contributed by atoms with van der Waals surface area (Å²) < 4.78 is 0. The molecular formula is C17H20ClN3. The van der Waals surface area contributed by atoms with E-state index in [1.54, 1.807) is 0 Å². The summed E-state index contributed by atoms with van der Waals surface area (Å²) in [6.07, 6.45) is 5.40. The maximum absolute atomic E-state index is 6.20. The average molecular weight is 302 g/mol. The predicted molar refractivity (Wildman–Crippen MR) is 87.4 cm³/mol. The number of aryl methyl sites for hydroxylation is 2. The highest BCUT2D eigenvalue weighted by Crippen LogP contribution is 2.32. The Balaban J connectivity index is 2.03. The van der Waals surface area contributed by atoms with Crippen LogP contribution in [-0.4, -0.2) is 16.5 Å². The molecule has 0 N–H and O–H groups in total. The van der Waals surface area contributed by atoms with Crippen molar-refractivity contribution in [2.24, 2.45) is 0 Å². The minimum absolute atomic E-state index is 0.533. The SMILES string of the molecule is CCCc1nc(Cl)cc(N2CCCCc3ccccc32)n1. The van der Waals surface area contributed by atoms with Gasteiger partial charge in [-0.1, -0.05) is 36.7 Å². The molecule has 0 bridgehead atoms. The van der Waals surface area contributed by atoms with Crippen LogP contribution in [0.1, 0.15) is 37.6 Å². The first-order valence-electron chi connectivity index (χ1n) is 7.67. The zero-order valence-corrected chi connectivity index (χ0v) is 13.1. The van der Waals surface area contributed by atoms with Crippen LogP contribution >= 0.6 is 11.6 Å². The number of hydrogen-bond acceptors (Lipinski definition) is 3. The topological polar surface area (TPSA) is 29.0 Å². The van der Waals surface area contributed by atoms with Crippen LogP contribution in [0, 0.1) is 0 Å². The van der Waals surface area contributed by atoms with Crippen LogP contribution < -0.4 is 4.90 Å². The third kappa shape index (κ3) is 3.18. The molecule has 4 heteroatoms. The van der Waals surface area contributed by atoms with Gasteiger partial charge in [-0.25, -0.2) is 9.97 Å². The van der Waals surface area contributed by atoms with Crippen LogP contribution in [-0.2, 0) is 12.8 Å². The second kappa shape index (κ2) is 6.44. The van der Waals surface area contributed by atoms with Crippen molar-refractivity contribution in [1.82, 2.24) is 9.97 Å². The van der Waals surface area contributed by atoms with E-state index in [4.69, 9.17) is 16.6 Å². The molecule has 1 aliphatic heterocycles. The Morgan fingerprint density at radius 2 is 2.05 bits per heavy atom. The average Bonchev–Trinajstić information content (AvgIpc) is 2.69. The lowest BCUT2D eigenvalue weighted by molar-refractivity contribution is 0.752. The van der Waals surface area contributed by atoms with E-state index in [2.05, 4.69) is 41.1 Å². The molecule has 0 unspecified atom stereocenters. The van der Waals surface area contributed by atoms with Gasteiger partial charge >= 0.3 is 0 Å². The molecule has 0 aliphatic carbocycles. The van der Waals surface area contributed by atoms with E-state index < -0.39 is 0 Å². The molecular weight excluding hydrogens is 282 g/mol. The van der Waals surface area contributed by atoms with Gasteiger partial charge in [0.15, 0.2) is 0 Å². The Hall–Kier alpha value is -1.61. The highest BCUT2D eigenvalue weighted by atomic mass is 35.5. The van der Waals surface area contributed by atoms with Crippen LogP contribution in [0.5, 0.6) is 0 Å². The monoisotopic (exact) mass is 301 g/mol. The highest BCUT2D eigenvalue weighted by molar-refractivity contribution is 6.29. The molecule has 0 saturated carbocycles. The first kappa shape index (κ1) is 14.3. The molecule has 0 fully saturated rings. The normalized spacial score (nSPS) is 14.7. The lowest BCUT2D eigenvalue weighted by Gasteiger charge is -2.24. The second-order valence-electron chi connectivity index (χ2n) is 5.45. The standard InChI is InChI=1S/C17H20ClN3/c1-2-7-16-19-15(18)12-17(20-16)21-11-6-5-9-13-8-3-4-10-14(13)21/h3-4,8,10,12H,2,5-7,9,11H2,1H3. The maximum Gasteiger partial charge on any atom is 0.138 e. The quantitative estimate of drug-likeness (QED) is 0.778. The Morgan fingerprint density at radius 3 is 2.90 bits per heavy atom. The number of benzene rings is 1. The fourth-order valence-corrected chi connectivity index (χ4v) is 3.05. The van der Waals surface area contributed by atoms with Gasteiger partial charge in [0.25, 0.3) is 0 Å². The van der Waals surface area contributed by atoms with E-state index in [1.807, 2.05) is 6.07 Å². The predicted octanol–water partition coefficient (Wildman–Crippen LogP) is 4.56. The number of fused-ring (bicyclic) bond motifs is 1. The minimum atomic E-state index is 0.533. The largest absolute Gasteiger partial charge is 0.326 e. The fraction of sp³-hybridized carbons (Fsp3) is 0.412. The smallest absolute Gasteiger partial charge is 0.138 e. The van der Waals surface area contributed by atoms with E-state index in [9.17, 15) is 0 Å². The van der Waals surface area contributed by atoms with Crippen LogP contribution in [0.15, 0.2) is 30.3 Å². The number of para-hydroxylation sites is 1. The van der Waals surface area contributed by atoms with Gasteiger partial charge in [-0.3, -0.25) is 0 Å². The maximum atomic E-state index is 6.20. The number of anilines is 2. The number of aromatic nitrogens is 2. The molecule has 2 aromatic rings. The summed E-state index contributed by atoms with van der Waals surface area (Å²) in [6, 6.07) is 10.5. The van der Waals surface area contributed by atoms with E-state index in [0.717, 1.165) is 37.4 Å². The molecule has 0 amide bonds. The van der Waals surface area contributed by atoms with Crippen LogP contribution in [0.25, 0.3) is 0 Å². The van der Waals surface area contributed by atoms with Crippen molar-refractivity contribution < 1.29 is 0 Å². The molecule has 110 valence electrons. The minimum Gasteiger partial charge on any atom is -0.326 e. The summed E-state index contributed by atoms with van der Waals surface area (Å²) in [5, 5.41) is 0.533. The summed E-state index contributed by atoms with van der Waals surface area (Å²) in [7, 11) is 0. The molecule has 0 atom stereocenters. The van der Waals surface area contributed by atoms with E-state index in [-0.39, 0.29) is 0 Å². The third-order valence-corrected chi connectivity index (χ3v) is 4.03. The van der Waals surface area contributed by atoms with Crippen molar-refractivity contribution in [3.63, 3.8) is 0 Å². The summed E-state index contributed by atoms with van der Waals surface area (Å²) in [4.78, 5) is 11.3. The summed E-state index contributed by atoms with van der Waals surface area (Å²) >= 11 is 6.20. The molecule has 2 heterocycles. The Kier molecular flexibility index (Phi) is 4.39. The van der Waals surface area contributed by atoms with Crippen molar-refractivity contribution in [1.29, 1.82) is 0 Å². The molecule has 3 rings (SSSR count). The molecule has 3 nitrogen and oxygen atoms in total. The van der Waals surface area contributed by atoms with E-state index in [1.165, 1.54) is 24.1 Å². The Labute approximate surface area is 131 Å². The molecule has 0 saturated heterocycles. The van der Waals surface area contributed by atoms with Gasteiger partial charge in [-0.05, 0) is 37.3 Å². The van der Waals surface area contributed by atoms with Crippen molar-refractivity contribution in [2.45, 2.75) is 39.0 Å². The van der Waals surface area contributed by atoms with Crippen molar-refractivity contribution >= 4 is 23.1 Å². The molecule has 21 heavy (non-hydrogen) atoms. The zero-order chi connectivity index (χ0) is 14.7. The molecule has 1 aromatic heterocycles. The van der Waals surface area contributed by atoms with Crippen molar-refractivity contribution in [2.75, 3.05) is 11.4 Å². The molecule has 1 aliphatic rings. The van der Waals surface area contributed by atoms with Crippen LogP contribution in [0.2, 0.25) is 5.15 Å². The van der Waals surface area contributed by atoms with Crippen molar-refractivity contribution in [3.8, 4) is 0 Å². The summed E-state index contributed by atoms with van der Waals surface area (Å²) in [6.45, 7) is 3.11. The lowest BCUT2D eigenvalue weighted by Crippen LogP contribution is -2.20. The molecule has 1 aromatic carbocycles. The number of hydrogen-bond donors (Lipinski definition) is 0.